The highest BCUT2D eigenvalue weighted by Crippen LogP contribution is 2.41. The van der Waals surface area contributed by atoms with Crippen LogP contribution in [0.25, 0.3) is 0 Å². The maximum atomic E-state index is 13.6. The Kier molecular flexibility index (Phi) is 7.46. The Hall–Kier alpha value is -2.58. The Labute approximate surface area is 190 Å². The molecule has 0 saturated carbocycles. The summed E-state index contributed by atoms with van der Waals surface area (Å²) in [6, 6.07) is 9.91. The molecular formula is C24H31NO6S. The Balaban J connectivity index is 2.03. The van der Waals surface area contributed by atoms with Gasteiger partial charge in [0.05, 0.1) is 38.7 Å². The van der Waals surface area contributed by atoms with Crippen molar-refractivity contribution < 1.29 is 27.4 Å². The average Bonchev–Trinajstić information content (AvgIpc) is 2.77. The van der Waals surface area contributed by atoms with Crippen LogP contribution in [-0.2, 0) is 32.4 Å². The van der Waals surface area contributed by atoms with Crippen molar-refractivity contribution in [3.63, 3.8) is 0 Å². The fourth-order valence-corrected chi connectivity index (χ4v) is 5.76. The number of fused-ring (bicyclic) bond motifs is 1. The zero-order valence-electron chi connectivity index (χ0n) is 19.3. The standard InChI is InChI=1S/C24H31NO6S/c1-16(2)12-17-6-8-19(9-7-17)32(27,28)25-11-10-18-13-22(29-3)23(30-4)14-20(18)21(25)15-24(26)31-5/h6-9,13-14,16,21H,10-12,15H2,1-5H3. The van der Waals surface area contributed by atoms with Crippen molar-refractivity contribution >= 4 is 16.0 Å². The van der Waals surface area contributed by atoms with Gasteiger partial charge < -0.3 is 14.2 Å². The number of rotatable bonds is 8. The Morgan fingerprint density at radius 2 is 1.69 bits per heavy atom. The summed E-state index contributed by atoms with van der Waals surface area (Å²) in [4.78, 5) is 12.4. The zero-order chi connectivity index (χ0) is 23.5. The molecule has 0 aliphatic carbocycles. The summed E-state index contributed by atoms with van der Waals surface area (Å²) in [6.45, 7) is 4.49. The number of esters is 1. The summed E-state index contributed by atoms with van der Waals surface area (Å²) in [5.74, 6) is 1.05. The van der Waals surface area contributed by atoms with E-state index in [1.54, 1.807) is 25.3 Å². The van der Waals surface area contributed by atoms with Crippen LogP contribution in [-0.4, -0.2) is 46.6 Å². The van der Waals surface area contributed by atoms with Crippen molar-refractivity contribution in [1.82, 2.24) is 4.31 Å². The highest BCUT2D eigenvalue weighted by molar-refractivity contribution is 7.89. The third-order valence-corrected chi connectivity index (χ3v) is 7.64. The number of carbonyl (C=O) groups excluding carboxylic acids is 1. The molecule has 1 aliphatic heterocycles. The number of sulfonamides is 1. The van der Waals surface area contributed by atoms with Crippen molar-refractivity contribution in [1.29, 1.82) is 0 Å². The summed E-state index contributed by atoms with van der Waals surface area (Å²) in [5.41, 5.74) is 2.74. The van der Waals surface area contributed by atoms with Gasteiger partial charge in [0.15, 0.2) is 11.5 Å². The highest BCUT2D eigenvalue weighted by Gasteiger charge is 2.38. The first-order chi connectivity index (χ1) is 15.2. The molecule has 174 valence electrons. The van der Waals surface area contributed by atoms with Crippen molar-refractivity contribution in [2.45, 2.75) is 44.0 Å². The number of ether oxygens (including phenoxy) is 3. The molecular weight excluding hydrogens is 430 g/mol. The second kappa shape index (κ2) is 9.92. The molecule has 0 radical (unpaired) electrons. The lowest BCUT2D eigenvalue weighted by atomic mass is 9.91. The average molecular weight is 462 g/mol. The minimum absolute atomic E-state index is 0.0936. The lowest BCUT2D eigenvalue weighted by Gasteiger charge is -2.36. The van der Waals surface area contributed by atoms with Crippen LogP contribution in [0.2, 0.25) is 0 Å². The van der Waals surface area contributed by atoms with E-state index in [0.29, 0.717) is 23.8 Å². The van der Waals surface area contributed by atoms with Crippen LogP contribution in [0, 0.1) is 5.92 Å². The lowest BCUT2D eigenvalue weighted by molar-refractivity contribution is -0.141. The second-order valence-corrected chi connectivity index (χ2v) is 10.2. The monoisotopic (exact) mass is 461 g/mol. The summed E-state index contributed by atoms with van der Waals surface area (Å²) in [6.07, 6.45) is 1.28. The molecule has 0 spiro atoms. The molecule has 0 saturated heterocycles. The van der Waals surface area contributed by atoms with Crippen molar-refractivity contribution in [3.05, 3.63) is 53.1 Å². The number of hydrogen-bond donors (Lipinski definition) is 0. The molecule has 1 heterocycles. The molecule has 1 unspecified atom stereocenters. The Morgan fingerprint density at radius 1 is 1.06 bits per heavy atom. The number of carbonyl (C=O) groups is 1. The van der Waals surface area contributed by atoms with E-state index in [1.165, 1.54) is 18.5 Å². The molecule has 8 heteroatoms. The summed E-state index contributed by atoms with van der Waals surface area (Å²) in [7, 11) is 0.542. The van der Waals surface area contributed by atoms with Crippen LogP contribution in [0.1, 0.15) is 43.0 Å². The molecule has 7 nitrogen and oxygen atoms in total. The molecule has 0 fully saturated rings. The Bertz CT molecular complexity index is 1060. The molecule has 0 N–H and O–H groups in total. The van der Waals surface area contributed by atoms with Crippen molar-refractivity contribution in [2.24, 2.45) is 5.92 Å². The maximum Gasteiger partial charge on any atom is 0.307 e. The van der Waals surface area contributed by atoms with Crippen LogP contribution in [0.15, 0.2) is 41.3 Å². The number of methoxy groups -OCH3 is 3. The van der Waals surface area contributed by atoms with E-state index in [4.69, 9.17) is 14.2 Å². The molecule has 1 atom stereocenters. The van der Waals surface area contributed by atoms with E-state index in [0.717, 1.165) is 23.1 Å². The lowest BCUT2D eigenvalue weighted by Crippen LogP contribution is -2.41. The van der Waals surface area contributed by atoms with Gasteiger partial charge in [-0.15, -0.1) is 0 Å². The van der Waals surface area contributed by atoms with Gasteiger partial charge in [0.1, 0.15) is 0 Å². The smallest absolute Gasteiger partial charge is 0.307 e. The number of nitrogens with zero attached hydrogens (tertiary/aromatic N) is 1. The van der Waals surface area contributed by atoms with Crippen molar-refractivity contribution in [2.75, 3.05) is 27.9 Å². The van der Waals surface area contributed by atoms with Crippen LogP contribution < -0.4 is 9.47 Å². The Morgan fingerprint density at radius 3 is 2.25 bits per heavy atom. The van der Waals surface area contributed by atoms with Crippen LogP contribution in [0.3, 0.4) is 0 Å². The molecule has 32 heavy (non-hydrogen) atoms. The highest BCUT2D eigenvalue weighted by atomic mass is 32.2. The van der Waals surface area contributed by atoms with Crippen LogP contribution in [0.5, 0.6) is 11.5 Å². The summed E-state index contributed by atoms with van der Waals surface area (Å²) < 4.78 is 44.3. The molecule has 0 aromatic heterocycles. The summed E-state index contributed by atoms with van der Waals surface area (Å²) in [5, 5.41) is 0. The quantitative estimate of drug-likeness (QED) is 0.557. The van der Waals surface area contributed by atoms with Gasteiger partial charge in [0.2, 0.25) is 10.0 Å². The fourth-order valence-electron chi connectivity index (χ4n) is 4.15. The van der Waals surface area contributed by atoms with Gasteiger partial charge >= 0.3 is 5.97 Å². The van der Waals surface area contributed by atoms with Gasteiger partial charge in [0, 0.05) is 6.54 Å². The molecule has 3 rings (SSSR count). The van der Waals surface area contributed by atoms with Crippen molar-refractivity contribution in [3.8, 4) is 11.5 Å². The molecule has 2 aromatic carbocycles. The van der Waals surface area contributed by atoms with E-state index in [9.17, 15) is 13.2 Å². The minimum atomic E-state index is -3.83. The van der Waals surface area contributed by atoms with Crippen LogP contribution >= 0.6 is 0 Å². The van der Waals surface area contributed by atoms with E-state index in [2.05, 4.69) is 13.8 Å². The van der Waals surface area contributed by atoms with E-state index < -0.39 is 22.0 Å². The normalized spacial score (nSPS) is 16.5. The maximum absolute atomic E-state index is 13.6. The first kappa shape index (κ1) is 24.1. The third kappa shape index (κ3) is 4.91. The van der Waals surface area contributed by atoms with Crippen LogP contribution in [0.4, 0.5) is 0 Å². The van der Waals surface area contributed by atoms with E-state index >= 15 is 0 Å². The number of benzene rings is 2. The van der Waals surface area contributed by atoms with Gasteiger partial charge in [-0.25, -0.2) is 8.42 Å². The summed E-state index contributed by atoms with van der Waals surface area (Å²) >= 11 is 0. The first-order valence-corrected chi connectivity index (χ1v) is 12.1. The molecule has 2 aromatic rings. The topological polar surface area (TPSA) is 82.1 Å². The SMILES string of the molecule is COC(=O)CC1c2cc(OC)c(OC)cc2CCN1S(=O)(=O)c1ccc(CC(C)C)cc1. The largest absolute Gasteiger partial charge is 0.493 e. The van der Waals surface area contributed by atoms with Gasteiger partial charge in [-0.3, -0.25) is 4.79 Å². The number of hydrogen-bond acceptors (Lipinski definition) is 6. The predicted molar refractivity (Wildman–Crippen MR) is 121 cm³/mol. The molecule has 0 amide bonds. The third-order valence-electron chi connectivity index (χ3n) is 5.72. The first-order valence-electron chi connectivity index (χ1n) is 10.6. The van der Waals surface area contributed by atoms with Gasteiger partial charge in [-0.1, -0.05) is 26.0 Å². The fraction of sp³-hybridized carbons (Fsp3) is 0.458. The van der Waals surface area contributed by atoms with Gasteiger partial charge in [-0.05, 0) is 59.7 Å². The molecule has 0 bridgehead atoms. The second-order valence-electron chi connectivity index (χ2n) is 8.31. The molecule has 1 aliphatic rings. The van der Waals surface area contributed by atoms with E-state index in [-0.39, 0.29) is 17.9 Å². The van der Waals surface area contributed by atoms with E-state index in [1.807, 2.05) is 18.2 Å². The van der Waals surface area contributed by atoms with Gasteiger partial charge in [-0.2, -0.15) is 4.31 Å². The minimum Gasteiger partial charge on any atom is -0.493 e. The zero-order valence-corrected chi connectivity index (χ0v) is 20.1. The van der Waals surface area contributed by atoms with Gasteiger partial charge in [0.25, 0.3) is 0 Å². The predicted octanol–water partition coefficient (Wildman–Crippen LogP) is 3.75.